The second-order valence-electron chi connectivity index (χ2n) is 5.34. The van der Waals surface area contributed by atoms with Gasteiger partial charge in [-0.25, -0.2) is 0 Å². The summed E-state index contributed by atoms with van der Waals surface area (Å²) in [5, 5.41) is 0. The topological polar surface area (TPSA) is 26.3 Å². The van der Waals surface area contributed by atoms with Crippen molar-refractivity contribution < 1.29 is 9.53 Å². The highest BCUT2D eigenvalue weighted by Gasteiger charge is 2.19. The molecule has 0 aromatic carbocycles. The molecule has 0 bridgehead atoms. The van der Waals surface area contributed by atoms with E-state index in [4.69, 9.17) is 4.74 Å². The maximum Gasteiger partial charge on any atom is 0.309 e. The van der Waals surface area contributed by atoms with Crippen LogP contribution in [0.3, 0.4) is 0 Å². The van der Waals surface area contributed by atoms with Gasteiger partial charge in [-0.1, -0.05) is 52.9 Å². The van der Waals surface area contributed by atoms with Gasteiger partial charge in [0.2, 0.25) is 0 Å². The Morgan fingerprint density at radius 1 is 0.944 bits per heavy atom. The number of carbonyl (C=O) groups excluding carboxylic acids is 1. The van der Waals surface area contributed by atoms with Crippen LogP contribution < -0.4 is 0 Å². The Labute approximate surface area is 113 Å². The molecule has 0 aliphatic carbocycles. The van der Waals surface area contributed by atoms with Crippen LogP contribution in [0.2, 0.25) is 0 Å². The molecular formula is C16H32O2. The summed E-state index contributed by atoms with van der Waals surface area (Å²) in [6.45, 7) is 8.47. The molecular weight excluding hydrogens is 224 g/mol. The summed E-state index contributed by atoms with van der Waals surface area (Å²) in [7, 11) is 0. The first-order valence-electron chi connectivity index (χ1n) is 7.86. The van der Waals surface area contributed by atoms with Crippen molar-refractivity contribution >= 4 is 5.97 Å². The fourth-order valence-corrected chi connectivity index (χ4v) is 2.15. The Morgan fingerprint density at radius 2 is 1.61 bits per heavy atom. The highest BCUT2D eigenvalue weighted by molar-refractivity contribution is 5.72. The minimum atomic E-state index is 0.0222. The number of hydrogen-bond donors (Lipinski definition) is 0. The second-order valence-corrected chi connectivity index (χ2v) is 5.34. The Balaban J connectivity index is 3.81. The molecule has 0 aliphatic heterocycles. The van der Waals surface area contributed by atoms with Crippen LogP contribution in [-0.2, 0) is 9.53 Å². The van der Waals surface area contributed by atoms with Gasteiger partial charge in [-0.05, 0) is 32.6 Å². The molecule has 0 saturated carbocycles. The van der Waals surface area contributed by atoms with Crippen LogP contribution >= 0.6 is 0 Å². The average molecular weight is 256 g/mol. The maximum absolute atomic E-state index is 12.0. The van der Waals surface area contributed by atoms with Crippen LogP contribution in [0.15, 0.2) is 0 Å². The predicted octanol–water partition coefficient (Wildman–Crippen LogP) is 5.10. The minimum absolute atomic E-state index is 0.0222. The van der Waals surface area contributed by atoms with Crippen LogP contribution in [0.25, 0.3) is 0 Å². The van der Waals surface area contributed by atoms with Gasteiger partial charge in [-0.2, -0.15) is 0 Å². The molecule has 2 atom stereocenters. The van der Waals surface area contributed by atoms with Crippen molar-refractivity contribution in [2.75, 3.05) is 0 Å². The molecule has 0 aromatic rings. The van der Waals surface area contributed by atoms with Crippen LogP contribution in [0.4, 0.5) is 0 Å². The third-order valence-electron chi connectivity index (χ3n) is 3.51. The molecule has 0 aliphatic rings. The molecule has 2 nitrogen and oxygen atoms in total. The largest absolute Gasteiger partial charge is 0.462 e. The number of esters is 1. The zero-order valence-electron chi connectivity index (χ0n) is 12.8. The van der Waals surface area contributed by atoms with Gasteiger partial charge in [-0.3, -0.25) is 4.79 Å². The van der Waals surface area contributed by atoms with Gasteiger partial charge in [0.05, 0.1) is 12.0 Å². The number of ether oxygens (including phenoxy) is 1. The van der Waals surface area contributed by atoms with Gasteiger partial charge in [-0.15, -0.1) is 0 Å². The van der Waals surface area contributed by atoms with Crippen molar-refractivity contribution in [1.29, 1.82) is 0 Å². The van der Waals surface area contributed by atoms with Crippen LogP contribution in [0.1, 0.15) is 85.5 Å². The lowest BCUT2D eigenvalue weighted by Gasteiger charge is -2.18. The third kappa shape index (κ3) is 8.54. The van der Waals surface area contributed by atoms with E-state index in [-0.39, 0.29) is 18.0 Å². The molecule has 2 unspecified atom stereocenters. The zero-order chi connectivity index (χ0) is 13.8. The Hall–Kier alpha value is -0.530. The SMILES string of the molecule is CCCCCCC(C)OC(=O)C(CC)CCCC. The predicted molar refractivity (Wildman–Crippen MR) is 77.6 cm³/mol. The molecule has 0 radical (unpaired) electrons. The summed E-state index contributed by atoms with van der Waals surface area (Å²) in [6, 6.07) is 0. The van der Waals surface area contributed by atoms with E-state index >= 15 is 0 Å². The number of rotatable bonds is 11. The number of unbranched alkanes of at least 4 members (excludes halogenated alkanes) is 4. The van der Waals surface area contributed by atoms with Crippen LogP contribution in [0, 0.1) is 5.92 Å². The molecule has 108 valence electrons. The molecule has 0 aromatic heterocycles. The lowest BCUT2D eigenvalue weighted by molar-refractivity contribution is -0.154. The van der Waals surface area contributed by atoms with E-state index in [1.165, 1.54) is 25.7 Å². The molecule has 0 saturated heterocycles. The molecule has 0 N–H and O–H groups in total. The summed E-state index contributed by atoms with van der Waals surface area (Å²) < 4.78 is 5.54. The highest BCUT2D eigenvalue weighted by Crippen LogP contribution is 2.17. The number of hydrogen-bond acceptors (Lipinski definition) is 2. The normalized spacial score (nSPS) is 14.2. The quantitative estimate of drug-likeness (QED) is 0.379. The lowest BCUT2D eigenvalue weighted by Crippen LogP contribution is -2.22. The fourth-order valence-electron chi connectivity index (χ4n) is 2.15. The molecule has 0 fully saturated rings. The van der Waals surface area contributed by atoms with E-state index in [1.54, 1.807) is 0 Å². The zero-order valence-corrected chi connectivity index (χ0v) is 12.8. The van der Waals surface area contributed by atoms with E-state index < -0.39 is 0 Å². The van der Waals surface area contributed by atoms with Gasteiger partial charge < -0.3 is 4.74 Å². The van der Waals surface area contributed by atoms with Gasteiger partial charge in [0, 0.05) is 0 Å². The minimum Gasteiger partial charge on any atom is -0.462 e. The Bertz CT molecular complexity index is 201. The molecule has 0 heterocycles. The summed E-state index contributed by atoms with van der Waals surface area (Å²) in [6.07, 6.45) is 10.2. The van der Waals surface area contributed by atoms with E-state index in [2.05, 4.69) is 20.8 Å². The van der Waals surface area contributed by atoms with Crippen molar-refractivity contribution in [2.24, 2.45) is 5.92 Å². The third-order valence-corrected chi connectivity index (χ3v) is 3.51. The summed E-state index contributed by atoms with van der Waals surface area (Å²) in [5.74, 6) is 0.136. The van der Waals surface area contributed by atoms with E-state index in [0.717, 1.165) is 32.1 Å². The molecule has 18 heavy (non-hydrogen) atoms. The molecule has 0 spiro atoms. The van der Waals surface area contributed by atoms with Crippen LogP contribution in [-0.4, -0.2) is 12.1 Å². The van der Waals surface area contributed by atoms with Crippen molar-refractivity contribution in [2.45, 2.75) is 91.6 Å². The van der Waals surface area contributed by atoms with Gasteiger partial charge in [0.1, 0.15) is 0 Å². The molecule has 0 amide bonds. The Morgan fingerprint density at radius 3 is 2.17 bits per heavy atom. The molecule has 2 heteroatoms. The lowest BCUT2D eigenvalue weighted by atomic mass is 9.99. The van der Waals surface area contributed by atoms with Crippen LogP contribution in [0.5, 0.6) is 0 Å². The summed E-state index contributed by atoms with van der Waals surface area (Å²) in [5.41, 5.74) is 0. The van der Waals surface area contributed by atoms with E-state index in [1.807, 2.05) is 6.92 Å². The van der Waals surface area contributed by atoms with E-state index in [0.29, 0.717) is 0 Å². The van der Waals surface area contributed by atoms with Gasteiger partial charge >= 0.3 is 5.97 Å². The molecule has 0 rings (SSSR count). The fraction of sp³-hybridized carbons (Fsp3) is 0.938. The first-order chi connectivity index (χ1) is 8.65. The van der Waals surface area contributed by atoms with Gasteiger partial charge in [0.15, 0.2) is 0 Å². The second kappa shape index (κ2) is 11.6. The van der Waals surface area contributed by atoms with Crippen molar-refractivity contribution in [3.63, 3.8) is 0 Å². The van der Waals surface area contributed by atoms with Gasteiger partial charge in [0.25, 0.3) is 0 Å². The first kappa shape index (κ1) is 17.5. The van der Waals surface area contributed by atoms with E-state index in [9.17, 15) is 4.79 Å². The average Bonchev–Trinajstić information content (AvgIpc) is 2.35. The van der Waals surface area contributed by atoms with Crippen molar-refractivity contribution in [3.05, 3.63) is 0 Å². The Kier molecular flexibility index (Phi) is 11.2. The number of carbonyl (C=O) groups is 1. The highest BCUT2D eigenvalue weighted by atomic mass is 16.5. The van der Waals surface area contributed by atoms with Crippen molar-refractivity contribution in [3.8, 4) is 0 Å². The standard InChI is InChI=1S/C16H32O2/c1-5-8-10-11-12-14(4)18-16(17)15(7-3)13-9-6-2/h14-15H,5-13H2,1-4H3. The monoisotopic (exact) mass is 256 g/mol. The van der Waals surface area contributed by atoms with Crippen molar-refractivity contribution in [1.82, 2.24) is 0 Å². The summed E-state index contributed by atoms with van der Waals surface area (Å²) >= 11 is 0. The smallest absolute Gasteiger partial charge is 0.309 e. The summed E-state index contributed by atoms with van der Waals surface area (Å²) in [4.78, 5) is 12.0. The maximum atomic E-state index is 12.0. The first-order valence-corrected chi connectivity index (χ1v) is 7.86.